The van der Waals surface area contributed by atoms with Gasteiger partial charge in [0.15, 0.2) is 0 Å². The number of nitrogens with zero attached hydrogens (tertiary/aromatic N) is 1. The van der Waals surface area contributed by atoms with Crippen LogP contribution in [-0.4, -0.2) is 23.5 Å². The summed E-state index contributed by atoms with van der Waals surface area (Å²) in [5, 5.41) is 9.35. The molecule has 0 aliphatic carbocycles. The number of halogens is 1. The Hall–Kier alpha value is -1.43. The van der Waals surface area contributed by atoms with Gasteiger partial charge < -0.3 is 10.6 Å². The van der Waals surface area contributed by atoms with E-state index in [0.717, 1.165) is 42.1 Å². The van der Waals surface area contributed by atoms with Gasteiger partial charge in [-0.3, -0.25) is 4.79 Å². The summed E-state index contributed by atoms with van der Waals surface area (Å²) >= 11 is 1.59. The molecule has 1 saturated heterocycles. The van der Waals surface area contributed by atoms with Crippen LogP contribution in [0.4, 0.5) is 0 Å². The second kappa shape index (κ2) is 8.43. The predicted octanol–water partition coefficient (Wildman–Crippen LogP) is 3.55. The van der Waals surface area contributed by atoms with Crippen LogP contribution in [0.25, 0.3) is 11.3 Å². The number of piperidine rings is 1. The van der Waals surface area contributed by atoms with Crippen molar-refractivity contribution in [3.05, 3.63) is 40.7 Å². The van der Waals surface area contributed by atoms with Crippen molar-refractivity contribution < 1.29 is 4.79 Å². The third-order valence-electron chi connectivity index (χ3n) is 3.95. The Morgan fingerprint density at radius 1 is 1.35 bits per heavy atom. The molecule has 23 heavy (non-hydrogen) atoms. The number of benzene rings is 1. The zero-order chi connectivity index (χ0) is 15.4. The van der Waals surface area contributed by atoms with Crippen LogP contribution >= 0.6 is 23.7 Å². The zero-order valence-electron chi connectivity index (χ0n) is 13.1. The monoisotopic (exact) mass is 351 g/mol. The van der Waals surface area contributed by atoms with Crippen LogP contribution in [0.15, 0.2) is 35.7 Å². The van der Waals surface area contributed by atoms with Gasteiger partial charge in [0.2, 0.25) is 5.91 Å². The summed E-state index contributed by atoms with van der Waals surface area (Å²) in [7, 11) is 0. The number of rotatable bonds is 4. The van der Waals surface area contributed by atoms with Gasteiger partial charge in [-0.25, -0.2) is 4.98 Å². The lowest BCUT2D eigenvalue weighted by Gasteiger charge is -2.24. The van der Waals surface area contributed by atoms with Crippen LogP contribution < -0.4 is 10.6 Å². The maximum Gasteiger partial charge on any atom is 0.237 e. The van der Waals surface area contributed by atoms with E-state index in [-0.39, 0.29) is 30.4 Å². The highest BCUT2D eigenvalue weighted by molar-refractivity contribution is 7.10. The molecule has 0 spiro atoms. The van der Waals surface area contributed by atoms with Crippen LogP contribution in [0, 0.1) is 0 Å². The lowest BCUT2D eigenvalue weighted by molar-refractivity contribution is -0.124. The number of carbonyl (C=O) groups is 1. The first-order chi connectivity index (χ1) is 10.7. The van der Waals surface area contributed by atoms with Crippen LogP contribution in [0.1, 0.15) is 37.2 Å². The normalized spacial score (nSPS) is 18.7. The number of hydrogen-bond donors (Lipinski definition) is 2. The van der Waals surface area contributed by atoms with Gasteiger partial charge in [0.05, 0.1) is 17.8 Å². The van der Waals surface area contributed by atoms with Gasteiger partial charge in [-0.05, 0) is 26.3 Å². The molecule has 4 nitrogen and oxygen atoms in total. The summed E-state index contributed by atoms with van der Waals surface area (Å²) in [5.41, 5.74) is 2.08. The third kappa shape index (κ3) is 4.53. The molecule has 1 aliphatic rings. The summed E-state index contributed by atoms with van der Waals surface area (Å²) in [6.07, 6.45) is 3.20. The summed E-state index contributed by atoms with van der Waals surface area (Å²) < 4.78 is 0. The maximum absolute atomic E-state index is 12.3. The van der Waals surface area contributed by atoms with E-state index in [1.165, 1.54) is 0 Å². The van der Waals surface area contributed by atoms with E-state index in [4.69, 9.17) is 0 Å². The fraction of sp³-hybridized carbons (Fsp3) is 0.412. The Kier molecular flexibility index (Phi) is 6.57. The molecule has 2 aromatic rings. The molecule has 124 valence electrons. The standard InChI is InChI=1S/C17H21N3OS.ClH/c1-12(19-16(21)14-9-5-6-10-18-14)17-20-15(11-22-17)13-7-3-2-4-8-13;/h2-4,7-8,11-12,14,18H,5-6,9-10H2,1H3,(H,19,21);1H. The average Bonchev–Trinajstić information content (AvgIpc) is 3.06. The summed E-state index contributed by atoms with van der Waals surface area (Å²) in [5.74, 6) is 0.0867. The van der Waals surface area contributed by atoms with Crippen molar-refractivity contribution in [3.8, 4) is 11.3 Å². The zero-order valence-corrected chi connectivity index (χ0v) is 14.8. The van der Waals surface area contributed by atoms with Gasteiger partial charge in [-0.1, -0.05) is 36.8 Å². The van der Waals surface area contributed by atoms with E-state index in [1.807, 2.05) is 42.6 Å². The first-order valence-electron chi connectivity index (χ1n) is 7.78. The van der Waals surface area contributed by atoms with Gasteiger partial charge in [0.1, 0.15) is 5.01 Å². The van der Waals surface area contributed by atoms with Crippen molar-refractivity contribution in [1.29, 1.82) is 0 Å². The van der Waals surface area contributed by atoms with E-state index in [1.54, 1.807) is 11.3 Å². The molecule has 1 aromatic carbocycles. The first-order valence-corrected chi connectivity index (χ1v) is 8.66. The predicted molar refractivity (Wildman–Crippen MR) is 97.0 cm³/mol. The molecule has 0 saturated carbocycles. The Bertz CT molecular complexity index is 626. The van der Waals surface area contributed by atoms with Gasteiger partial charge in [-0.2, -0.15) is 0 Å². The molecule has 0 bridgehead atoms. The Labute approximate surface area is 147 Å². The van der Waals surface area contributed by atoms with Gasteiger partial charge >= 0.3 is 0 Å². The highest BCUT2D eigenvalue weighted by atomic mass is 35.5. The lowest BCUT2D eigenvalue weighted by Crippen LogP contribution is -2.47. The Morgan fingerprint density at radius 3 is 2.83 bits per heavy atom. The maximum atomic E-state index is 12.3. The highest BCUT2D eigenvalue weighted by Gasteiger charge is 2.23. The molecule has 2 heterocycles. The number of nitrogens with one attached hydrogen (secondary N) is 2. The van der Waals surface area contributed by atoms with Crippen molar-refractivity contribution >= 4 is 29.7 Å². The quantitative estimate of drug-likeness (QED) is 0.885. The largest absolute Gasteiger partial charge is 0.346 e. The number of aromatic nitrogens is 1. The molecular formula is C17H22ClN3OS. The second-order valence-corrected chi connectivity index (χ2v) is 6.56. The molecule has 2 atom stereocenters. The van der Waals surface area contributed by atoms with Crippen molar-refractivity contribution in [2.24, 2.45) is 0 Å². The van der Waals surface area contributed by atoms with Crippen molar-refractivity contribution in [2.75, 3.05) is 6.54 Å². The smallest absolute Gasteiger partial charge is 0.237 e. The molecule has 3 rings (SSSR count). The number of hydrogen-bond acceptors (Lipinski definition) is 4. The van der Waals surface area contributed by atoms with Crippen molar-refractivity contribution in [1.82, 2.24) is 15.6 Å². The minimum atomic E-state index is -0.0568. The second-order valence-electron chi connectivity index (χ2n) is 5.67. The van der Waals surface area contributed by atoms with Crippen LogP contribution in [0.5, 0.6) is 0 Å². The average molecular weight is 352 g/mol. The molecule has 1 aromatic heterocycles. The number of thiazole rings is 1. The molecule has 1 aliphatic heterocycles. The fourth-order valence-corrected chi connectivity index (χ4v) is 3.51. The fourth-order valence-electron chi connectivity index (χ4n) is 2.68. The molecule has 2 unspecified atom stereocenters. The molecule has 2 N–H and O–H groups in total. The molecule has 1 fully saturated rings. The molecule has 0 radical (unpaired) electrons. The van der Waals surface area contributed by atoms with Crippen molar-refractivity contribution in [3.63, 3.8) is 0 Å². The summed E-state index contributed by atoms with van der Waals surface area (Å²) in [4.78, 5) is 16.9. The van der Waals surface area contributed by atoms with E-state index < -0.39 is 0 Å². The van der Waals surface area contributed by atoms with Crippen molar-refractivity contribution in [2.45, 2.75) is 38.3 Å². The van der Waals surface area contributed by atoms with Crippen LogP contribution in [-0.2, 0) is 4.79 Å². The van der Waals surface area contributed by atoms with Gasteiger partial charge in [0.25, 0.3) is 0 Å². The Balaban J connectivity index is 0.00000192. The van der Waals surface area contributed by atoms with E-state index >= 15 is 0 Å². The summed E-state index contributed by atoms with van der Waals surface area (Å²) in [6.45, 7) is 2.93. The molecular weight excluding hydrogens is 330 g/mol. The number of amides is 1. The van der Waals surface area contributed by atoms with E-state index in [2.05, 4.69) is 15.6 Å². The van der Waals surface area contributed by atoms with Gasteiger partial charge in [-0.15, -0.1) is 23.7 Å². The van der Waals surface area contributed by atoms with Gasteiger partial charge in [0, 0.05) is 10.9 Å². The minimum Gasteiger partial charge on any atom is -0.346 e. The lowest BCUT2D eigenvalue weighted by atomic mass is 10.0. The molecule has 1 amide bonds. The third-order valence-corrected chi connectivity index (χ3v) is 4.97. The van der Waals surface area contributed by atoms with E-state index in [9.17, 15) is 4.79 Å². The van der Waals surface area contributed by atoms with E-state index in [0.29, 0.717) is 0 Å². The van der Waals surface area contributed by atoms with Crippen LogP contribution in [0.3, 0.4) is 0 Å². The highest BCUT2D eigenvalue weighted by Crippen LogP contribution is 2.25. The Morgan fingerprint density at radius 2 is 2.13 bits per heavy atom. The first kappa shape index (κ1) is 17.9. The minimum absolute atomic E-state index is 0. The number of carbonyl (C=O) groups excluding carboxylic acids is 1. The van der Waals surface area contributed by atoms with Crippen LogP contribution in [0.2, 0.25) is 0 Å². The topological polar surface area (TPSA) is 54.0 Å². The molecule has 6 heteroatoms. The summed E-state index contributed by atoms with van der Waals surface area (Å²) in [6, 6.07) is 10.0. The SMILES string of the molecule is CC(NC(=O)C1CCCCN1)c1nc(-c2ccccc2)cs1.Cl.